The van der Waals surface area contributed by atoms with E-state index in [2.05, 4.69) is 49.7 Å². The molecule has 0 spiro atoms. The molecule has 3 rings (SSSR count). The van der Waals surface area contributed by atoms with E-state index in [1.807, 2.05) is 36.7 Å². The van der Waals surface area contributed by atoms with Crippen molar-refractivity contribution in [3.8, 4) is 22.6 Å². The van der Waals surface area contributed by atoms with Crippen LogP contribution in [0.15, 0.2) is 55.0 Å². The van der Waals surface area contributed by atoms with Gasteiger partial charge in [-0.3, -0.25) is 4.98 Å². The number of nitrogens with one attached hydrogen (secondary N) is 1. The third-order valence-electron chi connectivity index (χ3n) is 2.68. The zero-order chi connectivity index (χ0) is 12.4. The van der Waals surface area contributed by atoms with Crippen molar-refractivity contribution < 1.29 is 0 Å². The minimum atomic E-state index is 0.888. The highest BCUT2D eigenvalue weighted by Crippen LogP contribution is 2.24. The Kier molecular flexibility index (Phi) is 3.10. The number of pyridine rings is 1. The van der Waals surface area contributed by atoms with Gasteiger partial charge in [-0.15, -0.1) is 0 Å². The molecule has 3 nitrogen and oxygen atoms in total. The van der Waals surface area contributed by atoms with Crippen molar-refractivity contribution in [1.82, 2.24) is 15.0 Å². The van der Waals surface area contributed by atoms with E-state index in [-0.39, 0.29) is 0 Å². The summed E-state index contributed by atoms with van der Waals surface area (Å²) in [5.74, 6) is 0.888. The molecule has 0 radical (unpaired) electrons. The molecule has 4 heteroatoms. The Hall–Kier alpha value is -1.69. The Labute approximate surface area is 118 Å². The summed E-state index contributed by atoms with van der Waals surface area (Å²) in [5, 5.41) is 0. The maximum atomic E-state index is 4.44. The molecule has 0 aliphatic heterocycles. The molecule has 2 heterocycles. The molecule has 0 amide bonds. The van der Waals surface area contributed by atoms with Crippen LogP contribution in [0.4, 0.5) is 0 Å². The van der Waals surface area contributed by atoms with Crippen molar-refractivity contribution in [3.63, 3.8) is 0 Å². The topological polar surface area (TPSA) is 41.6 Å². The lowest BCUT2D eigenvalue weighted by Gasteiger charge is -2.00. The normalized spacial score (nSPS) is 10.5. The first-order valence-corrected chi connectivity index (χ1v) is 6.63. The quantitative estimate of drug-likeness (QED) is 0.718. The first kappa shape index (κ1) is 11.4. The summed E-state index contributed by atoms with van der Waals surface area (Å²) in [5.41, 5.74) is 3.15. The maximum absolute atomic E-state index is 4.44. The number of halogens is 1. The average Bonchev–Trinajstić information content (AvgIpc) is 2.90. The number of imidazole rings is 1. The zero-order valence-corrected chi connectivity index (χ0v) is 11.6. The summed E-state index contributed by atoms with van der Waals surface area (Å²) in [7, 11) is 0. The summed E-state index contributed by atoms with van der Waals surface area (Å²) in [6.07, 6.45) is 5.43. The van der Waals surface area contributed by atoms with E-state index in [9.17, 15) is 0 Å². The van der Waals surface area contributed by atoms with Gasteiger partial charge in [0.1, 0.15) is 5.82 Å². The molecule has 0 unspecified atom stereocenters. The molecule has 1 N–H and O–H groups in total. The van der Waals surface area contributed by atoms with Gasteiger partial charge in [-0.2, -0.15) is 0 Å². The van der Waals surface area contributed by atoms with Gasteiger partial charge in [0.15, 0.2) is 0 Å². The van der Waals surface area contributed by atoms with E-state index < -0.39 is 0 Å². The molecule has 0 bridgehead atoms. The highest BCUT2D eigenvalue weighted by atomic mass is 127. The number of benzene rings is 1. The van der Waals surface area contributed by atoms with Gasteiger partial charge in [0.05, 0.1) is 11.9 Å². The van der Waals surface area contributed by atoms with E-state index in [1.165, 1.54) is 3.57 Å². The lowest BCUT2D eigenvalue weighted by Crippen LogP contribution is -1.84. The summed E-state index contributed by atoms with van der Waals surface area (Å²) in [6, 6.07) is 12.1. The summed E-state index contributed by atoms with van der Waals surface area (Å²) >= 11 is 2.32. The SMILES string of the molecule is Ic1ccccc1-c1ncc(-c2cccnc2)[nH]1. The molecule has 2 aromatic heterocycles. The second-order valence-electron chi connectivity index (χ2n) is 3.87. The number of H-pyrrole nitrogens is 1. The minimum Gasteiger partial charge on any atom is -0.338 e. The second-order valence-corrected chi connectivity index (χ2v) is 5.03. The van der Waals surface area contributed by atoms with Crippen LogP contribution < -0.4 is 0 Å². The van der Waals surface area contributed by atoms with Crippen LogP contribution in [0.2, 0.25) is 0 Å². The van der Waals surface area contributed by atoms with Crippen LogP contribution in [0.3, 0.4) is 0 Å². The van der Waals surface area contributed by atoms with Crippen molar-refractivity contribution in [2.75, 3.05) is 0 Å². The van der Waals surface area contributed by atoms with E-state index >= 15 is 0 Å². The number of aromatic nitrogens is 3. The molecular weight excluding hydrogens is 337 g/mol. The van der Waals surface area contributed by atoms with Crippen molar-refractivity contribution >= 4 is 22.6 Å². The van der Waals surface area contributed by atoms with E-state index in [0.717, 1.165) is 22.6 Å². The Morgan fingerprint density at radius 2 is 1.89 bits per heavy atom. The van der Waals surface area contributed by atoms with Crippen molar-refractivity contribution in [3.05, 3.63) is 58.6 Å². The van der Waals surface area contributed by atoms with Gasteiger partial charge in [0.2, 0.25) is 0 Å². The number of rotatable bonds is 2. The van der Waals surface area contributed by atoms with Gasteiger partial charge in [-0.1, -0.05) is 18.2 Å². The molecule has 0 saturated carbocycles. The van der Waals surface area contributed by atoms with Crippen LogP contribution in [-0.4, -0.2) is 15.0 Å². The average molecular weight is 347 g/mol. The Morgan fingerprint density at radius 1 is 1.00 bits per heavy atom. The molecule has 1 aromatic carbocycles. The Balaban J connectivity index is 2.03. The van der Waals surface area contributed by atoms with E-state index in [4.69, 9.17) is 0 Å². The van der Waals surface area contributed by atoms with Gasteiger partial charge >= 0.3 is 0 Å². The summed E-state index contributed by atoms with van der Waals surface area (Å²) < 4.78 is 1.18. The number of aromatic amines is 1. The lowest BCUT2D eigenvalue weighted by molar-refractivity contribution is 1.29. The minimum absolute atomic E-state index is 0.888. The maximum Gasteiger partial charge on any atom is 0.138 e. The summed E-state index contributed by atoms with van der Waals surface area (Å²) in [4.78, 5) is 11.9. The predicted molar refractivity (Wildman–Crippen MR) is 80.0 cm³/mol. The fourth-order valence-electron chi connectivity index (χ4n) is 1.78. The standard InChI is InChI=1S/C14H10IN3/c15-12-6-2-1-5-11(12)14-17-9-13(18-14)10-4-3-7-16-8-10/h1-9H,(H,17,18). The second kappa shape index (κ2) is 4.89. The highest BCUT2D eigenvalue weighted by Gasteiger charge is 2.07. The van der Waals surface area contributed by atoms with Gasteiger partial charge in [-0.25, -0.2) is 4.98 Å². The fraction of sp³-hybridized carbons (Fsp3) is 0. The zero-order valence-electron chi connectivity index (χ0n) is 9.47. The largest absolute Gasteiger partial charge is 0.338 e. The van der Waals surface area contributed by atoms with Crippen LogP contribution in [0, 0.1) is 3.57 Å². The molecule has 0 saturated heterocycles. The lowest BCUT2D eigenvalue weighted by atomic mass is 10.2. The van der Waals surface area contributed by atoms with Crippen molar-refractivity contribution in [1.29, 1.82) is 0 Å². The van der Waals surface area contributed by atoms with Gasteiger partial charge < -0.3 is 4.98 Å². The van der Waals surface area contributed by atoms with Crippen LogP contribution in [0.1, 0.15) is 0 Å². The smallest absolute Gasteiger partial charge is 0.138 e. The first-order chi connectivity index (χ1) is 8.84. The molecule has 0 fully saturated rings. The molecule has 88 valence electrons. The van der Waals surface area contributed by atoms with Crippen LogP contribution in [0.5, 0.6) is 0 Å². The van der Waals surface area contributed by atoms with E-state index in [0.29, 0.717) is 0 Å². The highest BCUT2D eigenvalue weighted by molar-refractivity contribution is 14.1. The molecule has 0 atom stereocenters. The van der Waals surface area contributed by atoms with Crippen molar-refractivity contribution in [2.45, 2.75) is 0 Å². The van der Waals surface area contributed by atoms with E-state index in [1.54, 1.807) is 6.20 Å². The van der Waals surface area contributed by atoms with Crippen LogP contribution >= 0.6 is 22.6 Å². The molecule has 0 aliphatic carbocycles. The number of hydrogen-bond acceptors (Lipinski definition) is 2. The number of nitrogens with zero attached hydrogens (tertiary/aromatic N) is 2. The Morgan fingerprint density at radius 3 is 2.67 bits per heavy atom. The third kappa shape index (κ3) is 2.15. The van der Waals surface area contributed by atoms with Crippen molar-refractivity contribution in [2.24, 2.45) is 0 Å². The van der Waals surface area contributed by atoms with Crippen LogP contribution in [0.25, 0.3) is 22.6 Å². The fourth-order valence-corrected chi connectivity index (χ4v) is 2.42. The predicted octanol–water partition coefficient (Wildman–Crippen LogP) is 3.74. The van der Waals surface area contributed by atoms with Gasteiger partial charge in [0.25, 0.3) is 0 Å². The van der Waals surface area contributed by atoms with Gasteiger partial charge in [-0.05, 0) is 40.8 Å². The molecule has 18 heavy (non-hydrogen) atoms. The first-order valence-electron chi connectivity index (χ1n) is 5.55. The molecular formula is C14H10IN3. The Bertz CT molecular complexity index is 662. The monoisotopic (exact) mass is 347 g/mol. The molecule has 0 aliphatic rings. The van der Waals surface area contributed by atoms with Gasteiger partial charge in [0, 0.05) is 27.1 Å². The number of hydrogen-bond donors (Lipinski definition) is 1. The summed E-state index contributed by atoms with van der Waals surface area (Å²) in [6.45, 7) is 0. The molecule has 3 aromatic rings. The van der Waals surface area contributed by atoms with Crippen LogP contribution in [-0.2, 0) is 0 Å². The third-order valence-corrected chi connectivity index (χ3v) is 3.62.